The van der Waals surface area contributed by atoms with Crippen molar-refractivity contribution >= 4 is 11.6 Å². The summed E-state index contributed by atoms with van der Waals surface area (Å²) in [5, 5.41) is 0. The van der Waals surface area contributed by atoms with E-state index in [9.17, 15) is 4.79 Å². The Morgan fingerprint density at radius 2 is 2.19 bits per heavy atom. The standard InChI is InChI=1S/C18H26N2O/c1-13-4-2-5-16(10-13)20(9-3-8-19)18(21)17-12-14-6-7-15(17)11-14/h2,4-5,10,14-15,17H,3,6-9,11-12,19H2,1H3. The van der Waals surface area contributed by atoms with Crippen molar-refractivity contribution in [2.24, 2.45) is 23.5 Å². The first-order valence-electron chi connectivity index (χ1n) is 8.27. The van der Waals surface area contributed by atoms with E-state index in [1.165, 1.54) is 24.8 Å². The zero-order chi connectivity index (χ0) is 14.8. The van der Waals surface area contributed by atoms with Gasteiger partial charge < -0.3 is 10.6 Å². The van der Waals surface area contributed by atoms with Gasteiger partial charge in [0.25, 0.3) is 0 Å². The van der Waals surface area contributed by atoms with Crippen molar-refractivity contribution in [3.63, 3.8) is 0 Å². The maximum Gasteiger partial charge on any atom is 0.230 e. The predicted molar refractivity (Wildman–Crippen MR) is 86.1 cm³/mol. The molecule has 21 heavy (non-hydrogen) atoms. The largest absolute Gasteiger partial charge is 0.330 e. The SMILES string of the molecule is Cc1cccc(N(CCCN)C(=O)C2CC3CCC2C3)c1. The molecule has 3 unspecified atom stereocenters. The van der Waals surface area contributed by atoms with Crippen LogP contribution in [0.3, 0.4) is 0 Å². The minimum Gasteiger partial charge on any atom is -0.330 e. The first-order valence-corrected chi connectivity index (χ1v) is 8.27. The number of carbonyl (C=O) groups excluding carboxylic acids is 1. The third-order valence-electron chi connectivity index (χ3n) is 5.22. The lowest BCUT2D eigenvalue weighted by molar-refractivity contribution is -0.123. The molecule has 2 aliphatic rings. The third-order valence-corrected chi connectivity index (χ3v) is 5.22. The Labute approximate surface area is 127 Å². The Bertz CT molecular complexity index is 514. The smallest absolute Gasteiger partial charge is 0.230 e. The summed E-state index contributed by atoms with van der Waals surface area (Å²) in [5.74, 6) is 2.02. The van der Waals surface area contributed by atoms with Crippen molar-refractivity contribution in [3.05, 3.63) is 29.8 Å². The van der Waals surface area contributed by atoms with Gasteiger partial charge in [-0.05, 0) is 68.7 Å². The number of hydrogen-bond donors (Lipinski definition) is 1. The number of nitrogens with two attached hydrogens (primary N) is 1. The minimum atomic E-state index is 0.252. The normalized spacial score (nSPS) is 27.0. The molecule has 3 rings (SSSR count). The number of fused-ring (bicyclic) bond motifs is 2. The van der Waals surface area contributed by atoms with Gasteiger partial charge in [-0.15, -0.1) is 0 Å². The van der Waals surface area contributed by atoms with Crippen molar-refractivity contribution in [1.82, 2.24) is 0 Å². The fourth-order valence-corrected chi connectivity index (χ4v) is 4.16. The molecule has 1 amide bonds. The maximum absolute atomic E-state index is 13.0. The van der Waals surface area contributed by atoms with Gasteiger partial charge in [0, 0.05) is 18.2 Å². The summed E-state index contributed by atoms with van der Waals surface area (Å²) in [6.07, 6.45) is 5.82. The molecule has 114 valence electrons. The number of anilines is 1. The van der Waals surface area contributed by atoms with Gasteiger partial charge in [-0.2, -0.15) is 0 Å². The van der Waals surface area contributed by atoms with E-state index in [1.54, 1.807) is 0 Å². The van der Waals surface area contributed by atoms with Gasteiger partial charge >= 0.3 is 0 Å². The van der Waals surface area contributed by atoms with Gasteiger partial charge in [0.05, 0.1) is 0 Å². The molecule has 0 aromatic heterocycles. The number of carbonyl (C=O) groups is 1. The minimum absolute atomic E-state index is 0.252. The molecule has 1 aromatic rings. The lowest BCUT2D eigenvalue weighted by Crippen LogP contribution is -2.39. The van der Waals surface area contributed by atoms with E-state index in [4.69, 9.17) is 5.73 Å². The van der Waals surface area contributed by atoms with E-state index in [1.807, 2.05) is 11.0 Å². The fraction of sp³-hybridized carbons (Fsp3) is 0.611. The molecule has 0 aliphatic heterocycles. The third kappa shape index (κ3) is 2.98. The van der Waals surface area contributed by atoms with Crippen molar-refractivity contribution in [3.8, 4) is 0 Å². The van der Waals surface area contributed by atoms with Crippen LogP contribution in [0.2, 0.25) is 0 Å². The molecule has 0 radical (unpaired) electrons. The van der Waals surface area contributed by atoms with Crippen LogP contribution in [0.5, 0.6) is 0 Å². The van der Waals surface area contributed by atoms with E-state index in [0.717, 1.165) is 31.0 Å². The van der Waals surface area contributed by atoms with Crippen molar-refractivity contribution in [1.29, 1.82) is 0 Å². The molecule has 0 heterocycles. The Morgan fingerprint density at radius 3 is 2.81 bits per heavy atom. The molecule has 2 N–H and O–H groups in total. The summed E-state index contributed by atoms with van der Waals surface area (Å²) in [6.45, 7) is 3.45. The zero-order valence-electron chi connectivity index (χ0n) is 12.9. The van der Waals surface area contributed by atoms with Crippen molar-refractivity contribution in [2.45, 2.75) is 39.0 Å². The molecule has 2 saturated carbocycles. The van der Waals surface area contributed by atoms with Gasteiger partial charge in [0.15, 0.2) is 0 Å². The molecule has 2 aliphatic carbocycles. The van der Waals surface area contributed by atoms with Crippen LogP contribution in [0, 0.1) is 24.7 Å². The summed E-state index contributed by atoms with van der Waals surface area (Å²) < 4.78 is 0. The lowest BCUT2D eigenvalue weighted by atomic mass is 9.87. The summed E-state index contributed by atoms with van der Waals surface area (Å²) in [6, 6.07) is 8.27. The van der Waals surface area contributed by atoms with Crippen LogP contribution < -0.4 is 10.6 Å². The molecule has 2 bridgehead atoms. The molecular weight excluding hydrogens is 260 g/mol. The highest BCUT2D eigenvalue weighted by Crippen LogP contribution is 2.49. The molecule has 2 fully saturated rings. The zero-order valence-corrected chi connectivity index (χ0v) is 12.9. The number of benzene rings is 1. The number of rotatable bonds is 5. The maximum atomic E-state index is 13.0. The predicted octanol–water partition coefficient (Wildman–Crippen LogP) is 3.11. The van der Waals surface area contributed by atoms with Gasteiger partial charge in [-0.25, -0.2) is 0 Å². The highest BCUT2D eigenvalue weighted by atomic mass is 16.2. The van der Waals surface area contributed by atoms with Crippen LogP contribution >= 0.6 is 0 Å². The van der Waals surface area contributed by atoms with Crippen molar-refractivity contribution < 1.29 is 4.79 Å². The molecular formula is C18H26N2O. The second-order valence-electron chi connectivity index (χ2n) is 6.75. The number of aryl methyl sites for hydroxylation is 1. The number of amides is 1. The number of hydrogen-bond acceptors (Lipinski definition) is 2. The Kier molecular flexibility index (Phi) is 4.29. The lowest BCUT2D eigenvalue weighted by Gasteiger charge is -2.30. The Hall–Kier alpha value is -1.35. The van der Waals surface area contributed by atoms with Gasteiger partial charge in [0.1, 0.15) is 0 Å². The molecule has 3 heteroatoms. The first-order chi connectivity index (χ1) is 10.2. The average Bonchev–Trinajstić information content (AvgIpc) is 3.10. The molecule has 0 spiro atoms. The summed E-state index contributed by atoms with van der Waals surface area (Å²) in [5.41, 5.74) is 7.90. The summed E-state index contributed by atoms with van der Waals surface area (Å²) in [4.78, 5) is 15.0. The van der Waals surface area contributed by atoms with E-state index in [-0.39, 0.29) is 5.92 Å². The second-order valence-corrected chi connectivity index (χ2v) is 6.75. The van der Waals surface area contributed by atoms with E-state index in [0.29, 0.717) is 18.4 Å². The second kappa shape index (κ2) is 6.18. The molecule has 3 nitrogen and oxygen atoms in total. The Balaban J connectivity index is 1.80. The highest BCUT2D eigenvalue weighted by Gasteiger charge is 2.44. The van der Waals surface area contributed by atoms with E-state index < -0.39 is 0 Å². The number of nitrogens with zero attached hydrogens (tertiary/aromatic N) is 1. The van der Waals surface area contributed by atoms with Crippen LogP contribution in [0.4, 0.5) is 5.69 Å². The van der Waals surface area contributed by atoms with Gasteiger partial charge in [-0.1, -0.05) is 18.6 Å². The van der Waals surface area contributed by atoms with Crippen LogP contribution in [-0.4, -0.2) is 19.0 Å². The topological polar surface area (TPSA) is 46.3 Å². The van der Waals surface area contributed by atoms with E-state index in [2.05, 4.69) is 25.1 Å². The molecule has 0 saturated heterocycles. The summed E-state index contributed by atoms with van der Waals surface area (Å²) in [7, 11) is 0. The average molecular weight is 286 g/mol. The summed E-state index contributed by atoms with van der Waals surface area (Å²) >= 11 is 0. The highest BCUT2D eigenvalue weighted by molar-refractivity contribution is 5.95. The van der Waals surface area contributed by atoms with E-state index >= 15 is 0 Å². The van der Waals surface area contributed by atoms with Gasteiger partial charge in [-0.3, -0.25) is 4.79 Å². The van der Waals surface area contributed by atoms with Crippen LogP contribution in [0.1, 0.15) is 37.7 Å². The van der Waals surface area contributed by atoms with Crippen LogP contribution in [0.15, 0.2) is 24.3 Å². The molecule has 1 aromatic carbocycles. The monoisotopic (exact) mass is 286 g/mol. The van der Waals surface area contributed by atoms with Gasteiger partial charge in [0.2, 0.25) is 5.91 Å². The van der Waals surface area contributed by atoms with Crippen molar-refractivity contribution in [2.75, 3.05) is 18.0 Å². The van der Waals surface area contributed by atoms with Crippen LogP contribution in [-0.2, 0) is 4.79 Å². The Morgan fingerprint density at radius 1 is 1.33 bits per heavy atom. The quantitative estimate of drug-likeness (QED) is 0.904. The van der Waals surface area contributed by atoms with Crippen LogP contribution in [0.25, 0.3) is 0 Å². The first kappa shape index (κ1) is 14.6. The molecule has 3 atom stereocenters. The fourth-order valence-electron chi connectivity index (χ4n) is 4.16.